The number of oxazole rings is 1. The summed E-state index contributed by atoms with van der Waals surface area (Å²) in [4.78, 5) is 14.1. The first kappa shape index (κ1) is 18.7. The van der Waals surface area contributed by atoms with Gasteiger partial charge in [0.25, 0.3) is 0 Å². The van der Waals surface area contributed by atoms with Gasteiger partial charge in [-0.15, -0.1) is 0 Å². The highest BCUT2D eigenvalue weighted by atomic mass is 16.3. The molecule has 0 radical (unpaired) electrons. The van der Waals surface area contributed by atoms with E-state index >= 15 is 0 Å². The van der Waals surface area contributed by atoms with Crippen LogP contribution in [-0.4, -0.2) is 41.0 Å². The van der Waals surface area contributed by atoms with E-state index in [0.29, 0.717) is 5.89 Å². The third-order valence-corrected chi connectivity index (χ3v) is 5.51. The van der Waals surface area contributed by atoms with Gasteiger partial charge in [0.05, 0.1) is 5.69 Å². The van der Waals surface area contributed by atoms with Crippen LogP contribution in [0.4, 0.5) is 5.82 Å². The minimum Gasteiger partial charge on any atom is -0.444 e. The number of anilines is 1. The molecular formula is C23H28N4O. The highest BCUT2D eigenvalue weighted by Crippen LogP contribution is 2.23. The lowest BCUT2D eigenvalue weighted by Crippen LogP contribution is -2.39. The molecule has 0 spiro atoms. The topological polar surface area (TPSA) is 45.4 Å². The molecule has 0 aliphatic carbocycles. The van der Waals surface area contributed by atoms with Crippen LogP contribution in [0.15, 0.2) is 65.4 Å². The fourth-order valence-electron chi connectivity index (χ4n) is 3.88. The Morgan fingerprint density at radius 1 is 1.07 bits per heavy atom. The van der Waals surface area contributed by atoms with Gasteiger partial charge in [-0.05, 0) is 49.6 Å². The maximum absolute atomic E-state index is 5.70. The van der Waals surface area contributed by atoms with E-state index in [1.807, 2.05) is 42.6 Å². The number of rotatable bonds is 7. The number of nitrogens with zero attached hydrogens (tertiary/aromatic N) is 4. The van der Waals surface area contributed by atoms with E-state index in [2.05, 4.69) is 38.8 Å². The molecule has 28 heavy (non-hydrogen) atoms. The summed E-state index contributed by atoms with van der Waals surface area (Å²) >= 11 is 0. The number of pyridine rings is 1. The van der Waals surface area contributed by atoms with Crippen molar-refractivity contribution in [3.8, 4) is 11.5 Å². The standard InChI is InChI=1S/C23H28N4O/c1-2-26(17-21-18-28-23(25-21)20-8-4-3-5-9-20)16-19-11-14-27(15-12-19)22-10-6-7-13-24-22/h3-10,13,18-19H,2,11-12,14-17H2,1H3. The zero-order valence-corrected chi connectivity index (χ0v) is 16.5. The van der Waals surface area contributed by atoms with Crippen molar-refractivity contribution < 1.29 is 4.42 Å². The zero-order valence-electron chi connectivity index (χ0n) is 16.5. The molecule has 0 N–H and O–H groups in total. The smallest absolute Gasteiger partial charge is 0.226 e. The van der Waals surface area contributed by atoms with Crippen LogP contribution in [0.1, 0.15) is 25.5 Å². The predicted molar refractivity (Wildman–Crippen MR) is 112 cm³/mol. The van der Waals surface area contributed by atoms with Gasteiger partial charge in [-0.25, -0.2) is 9.97 Å². The lowest BCUT2D eigenvalue weighted by atomic mass is 9.96. The van der Waals surface area contributed by atoms with Crippen molar-refractivity contribution in [3.05, 3.63) is 66.7 Å². The summed E-state index contributed by atoms with van der Waals surface area (Å²) in [5.74, 6) is 2.53. The first-order chi connectivity index (χ1) is 13.8. The molecule has 4 rings (SSSR count). The quantitative estimate of drug-likeness (QED) is 0.608. The van der Waals surface area contributed by atoms with Crippen LogP contribution in [-0.2, 0) is 6.54 Å². The number of aromatic nitrogens is 2. The summed E-state index contributed by atoms with van der Waals surface area (Å²) in [5.41, 5.74) is 2.03. The normalized spacial score (nSPS) is 15.3. The highest BCUT2D eigenvalue weighted by Gasteiger charge is 2.22. The monoisotopic (exact) mass is 376 g/mol. The second-order valence-electron chi connectivity index (χ2n) is 7.46. The van der Waals surface area contributed by atoms with E-state index < -0.39 is 0 Å². The van der Waals surface area contributed by atoms with Crippen LogP contribution in [0, 0.1) is 5.92 Å². The molecule has 1 saturated heterocycles. The van der Waals surface area contributed by atoms with Gasteiger partial charge < -0.3 is 9.32 Å². The van der Waals surface area contributed by atoms with Crippen LogP contribution in [0.2, 0.25) is 0 Å². The Kier molecular flexibility index (Phi) is 6.02. The average Bonchev–Trinajstić information content (AvgIpc) is 3.23. The van der Waals surface area contributed by atoms with Gasteiger partial charge >= 0.3 is 0 Å². The molecule has 5 heteroatoms. The number of hydrogen-bond acceptors (Lipinski definition) is 5. The maximum Gasteiger partial charge on any atom is 0.226 e. The van der Waals surface area contributed by atoms with Gasteiger partial charge in [-0.3, -0.25) is 4.90 Å². The second kappa shape index (κ2) is 9.02. The Morgan fingerprint density at radius 2 is 1.86 bits per heavy atom. The molecule has 0 unspecified atom stereocenters. The fraction of sp³-hybridized carbons (Fsp3) is 0.391. The van der Waals surface area contributed by atoms with E-state index in [0.717, 1.165) is 55.7 Å². The second-order valence-corrected chi connectivity index (χ2v) is 7.46. The Labute approximate surface area is 167 Å². The molecule has 0 amide bonds. The highest BCUT2D eigenvalue weighted by molar-refractivity contribution is 5.52. The summed E-state index contributed by atoms with van der Waals surface area (Å²) in [7, 11) is 0. The zero-order chi connectivity index (χ0) is 19.2. The largest absolute Gasteiger partial charge is 0.444 e. The average molecular weight is 377 g/mol. The summed E-state index contributed by atoms with van der Waals surface area (Å²) in [6.07, 6.45) is 6.10. The van der Waals surface area contributed by atoms with Gasteiger partial charge in [0.1, 0.15) is 12.1 Å². The first-order valence-electron chi connectivity index (χ1n) is 10.2. The van der Waals surface area contributed by atoms with E-state index in [1.165, 1.54) is 12.8 Å². The third kappa shape index (κ3) is 4.60. The first-order valence-corrected chi connectivity index (χ1v) is 10.2. The summed E-state index contributed by atoms with van der Waals surface area (Å²) < 4.78 is 5.70. The molecule has 0 bridgehead atoms. The third-order valence-electron chi connectivity index (χ3n) is 5.51. The van der Waals surface area contributed by atoms with Crippen LogP contribution in [0.3, 0.4) is 0 Å². The van der Waals surface area contributed by atoms with Crippen LogP contribution < -0.4 is 4.90 Å². The molecule has 1 fully saturated rings. The summed E-state index contributed by atoms with van der Waals surface area (Å²) in [6, 6.07) is 16.2. The molecule has 1 aromatic carbocycles. The summed E-state index contributed by atoms with van der Waals surface area (Å²) in [5, 5.41) is 0. The molecule has 3 heterocycles. The Bertz CT molecular complexity index is 841. The van der Waals surface area contributed by atoms with Gasteiger partial charge in [0.15, 0.2) is 0 Å². The molecule has 146 valence electrons. The predicted octanol–water partition coefficient (Wildman–Crippen LogP) is 4.48. The van der Waals surface area contributed by atoms with Crippen LogP contribution in [0.25, 0.3) is 11.5 Å². The molecule has 5 nitrogen and oxygen atoms in total. The summed E-state index contributed by atoms with van der Waals surface area (Å²) in [6.45, 7) is 7.37. The molecule has 1 aliphatic rings. The van der Waals surface area contributed by atoms with Crippen molar-refractivity contribution in [1.82, 2.24) is 14.9 Å². The Hall–Kier alpha value is -2.66. The van der Waals surface area contributed by atoms with Crippen LogP contribution >= 0.6 is 0 Å². The van der Waals surface area contributed by atoms with Crippen molar-refractivity contribution in [2.75, 3.05) is 31.1 Å². The lowest BCUT2D eigenvalue weighted by Gasteiger charge is -2.35. The van der Waals surface area contributed by atoms with Gasteiger partial charge in [-0.1, -0.05) is 31.2 Å². The number of benzene rings is 1. The molecule has 0 atom stereocenters. The lowest BCUT2D eigenvalue weighted by molar-refractivity contribution is 0.211. The van der Waals surface area contributed by atoms with E-state index in [1.54, 1.807) is 6.26 Å². The van der Waals surface area contributed by atoms with Gasteiger partial charge in [-0.2, -0.15) is 0 Å². The van der Waals surface area contributed by atoms with E-state index in [4.69, 9.17) is 4.42 Å². The van der Waals surface area contributed by atoms with Crippen molar-refractivity contribution in [1.29, 1.82) is 0 Å². The minimum atomic E-state index is 0.704. The molecule has 1 aliphatic heterocycles. The maximum atomic E-state index is 5.70. The Balaban J connectivity index is 1.30. The van der Waals surface area contributed by atoms with E-state index in [-0.39, 0.29) is 0 Å². The Morgan fingerprint density at radius 3 is 2.57 bits per heavy atom. The minimum absolute atomic E-state index is 0.704. The molecular weight excluding hydrogens is 348 g/mol. The van der Waals surface area contributed by atoms with Crippen molar-refractivity contribution >= 4 is 5.82 Å². The number of hydrogen-bond donors (Lipinski definition) is 0. The number of piperidine rings is 1. The fourth-order valence-corrected chi connectivity index (χ4v) is 3.88. The van der Waals surface area contributed by atoms with Gasteiger partial charge in [0.2, 0.25) is 5.89 Å². The molecule has 2 aromatic heterocycles. The van der Waals surface area contributed by atoms with E-state index in [9.17, 15) is 0 Å². The van der Waals surface area contributed by atoms with Crippen molar-refractivity contribution in [2.45, 2.75) is 26.3 Å². The van der Waals surface area contributed by atoms with Crippen LogP contribution in [0.5, 0.6) is 0 Å². The van der Waals surface area contributed by atoms with Gasteiger partial charge in [0, 0.05) is 37.9 Å². The SMILES string of the molecule is CCN(Cc1coc(-c2ccccc2)n1)CC1CCN(c2ccccn2)CC1. The van der Waals surface area contributed by atoms with Crippen molar-refractivity contribution in [3.63, 3.8) is 0 Å². The molecule has 3 aromatic rings. The van der Waals surface area contributed by atoms with Crippen molar-refractivity contribution in [2.24, 2.45) is 5.92 Å². The molecule has 0 saturated carbocycles.